The van der Waals surface area contributed by atoms with E-state index in [1.54, 1.807) is 12.1 Å². The lowest BCUT2D eigenvalue weighted by molar-refractivity contribution is 0.0223. The number of nitrogens with zero attached hydrogens (tertiary/aromatic N) is 3. The van der Waals surface area contributed by atoms with Crippen LogP contribution in [0.15, 0.2) is 28.7 Å². The van der Waals surface area contributed by atoms with Crippen molar-refractivity contribution >= 4 is 36.9 Å². The first-order chi connectivity index (χ1) is 16.7. The Morgan fingerprint density at radius 3 is 2.83 bits per heavy atom. The van der Waals surface area contributed by atoms with Crippen LogP contribution in [0.3, 0.4) is 0 Å². The number of aliphatic hydroxyl groups is 1. The third-order valence-corrected chi connectivity index (χ3v) is 8.00. The zero-order valence-corrected chi connectivity index (χ0v) is 22.7. The van der Waals surface area contributed by atoms with Crippen LogP contribution in [0.25, 0.3) is 22.5 Å². The number of piperidine rings is 1. The SMILES string of the molecule is CN1CCC[C@@H](Nc2nc3nc(-c4c(CO)cc(Cl)cc4OCOCC[Si](C)(C)C)ccc3o2)C1. The number of rotatable bonds is 10. The summed E-state index contributed by atoms with van der Waals surface area (Å²) in [6.07, 6.45) is 2.22. The minimum atomic E-state index is -1.18. The molecule has 2 aromatic heterocycles. The van der Waals surface area contributed by atoms with Crippen LogP contribution in [-0.2, 0) is 11.3 Å². The molecule has 4 rings (SSSR count). The number of pyridine rings is 1. The summed E-state index contributed by atoms with van der Waals surface area (Å²) in [5.41, 5.74) is 2.99. The van der Waals surface area contributed by atoms with Crippen LogP contribution in [0.1, 0.15) is 18.4 Å². The number of nitrogens with one attached hydrogen (secondary N) is 1. The quantitative estimate of drug-likeness (QED) is 0.214. The Morgan fingerprint density at radius 2 is 2.09 bits per heavy atom. The van der Waals surface area contributed by atoms with Gasteiger partial charge in [-0.15, -0.1) is 0 Å². The number of aromatic nitrogens is 2. The molecule has 1 aliphatic heterocycles. The lowest BCUT2D eigenvalue weighted by Crippen LogP contribution is -2.39. The summed E-state index contributed by atoms with van der Waals surface area (Å²) >= 11 is 6.30. The maximum atomic E-state index is 10.0. The monoisotopic (exact) mass is 518 g/mol. The summed E-state index contributed by atoms with van der Waals surface area (Å²) in [6, 6.07) is 8.93. The van der Waals surface area contributed by atoms with Gasteiger partial charge in [-0.25, -0.2) is 4.98 Å². The molecule has 1 saturated heterocycles. The highest BCUT2D eigenvalue weighted by Gasteiger charge is 2.21. The second-order valence-corrected chi connectivity index (χ2v) is 16.4. The van der Waals surface area contributed by atoms with E-state index in [1.165, 1.54) is 0 Å². The second kappa shape index (κ2) is 11.3. The number of likely N-dealkylation sites (tertiary alicyclic amines) is 1. The number of anilines is 1. The Bertz CT molecular complexity index is 1150. The van der Waals surface area contributed by atoms with Crippen molar-refractivity contribution in [3.05, 3.63) is 34.9 Å². The van der Waals surface area contributed by atoms with Crippen molar-refractivity contribution in [2.75, 3.05) is 38.9 Å². The molecule has 0 amide bonds. The van der Waals surface area contributed by atoms with Gasteiger partial charge in [0.2, 0.25) is 5.65 Å². The van der Waals surface area contributed by atoms with E-state index in [1.807, 2.05) is 12.1 Å². The Hall–Kier alpha value is -2.17. The van der Waals surface area contributed by atoms with E-state index in [0.29, 0.717) is 57.5 Å². The van der Waals surface area contributed by atoms with Crippen LogP contribution in [0.4, 0.5) is 6.01 Å². The predicted octanol–water partition coefficient (Wildman–Crippen LogP) is 5.23. The molecule has 2 N–H and O–H groups in total. The molecule has 8 nitrogen and oxygen atoms in total. The van der Waals surface area contributed by atoms with Gasteiger partial charge in [0.15, 0.2) is 12.4 Å². The van der Waals surface area contributed by atoms with Crippen LogP contribution in [0.5, 0.6) is 5.75 Å². The molecule has 35 heavy (non-hydrogen) atoms. The molecule has 1 aliphatic rings. The average Bonchev–Trinajstić information content (AvgIpc) is 3.19. The van der Waals surface area contributed by atoms with Crippen molar-refractivity contribution in [3.8, 4) is 17.0 Å². The summed E-state index contributed by atoms with van der Waals surface area (Å²) in [6.45, 7) is 9.51. The number of hydrogen-bond acceptors (Lipinski definition) is 8. The number of ether oxygens (including phenoxy) is 2. The number of aliphatic hydroxyl groups excluding tert-OH is 1. The Kier molecular flexibility index (Phi) is 8.33. The number of benzene rings is 1. The smallest absolute Gasteiger partial charge is 0.297 e. The Balaban J connectivity index is 1.55. The fourth-order valence-corrected chi connectivity index (χ4v) is 5.17. The van der Waals surface area contributed by atoms with E-state index in [0.717, 1.165) is 32.0 Å². The van der Waals surface area contributed by atoms with Gasteiger partial charge in [-0.2, -0.15) is 4.98 Å². The highest BCUT2D eigenvalue weighted by Crippen LogP contribution is 2.36. The first kappa shape index (κ1) is 25.9. The molecule has 0 aliphatic carbocycles. The van der Waals surface area contributed by atoms with Gasteiger partial charge in [-0.1, -0.05) is 31.2 Å². The van der Waals surface area contributed by atoms with Crippen LogP contribution >= 0.6 is 11.6 Å². The molecule has 10 heteroatoms. The normalized spacial score (nSPS) is 17.1. The van der Waals surface area contributed by atoms with Crippen molar-refractivity contribution in [2.45, 2.75) is 51.2 Å². The third-order valence-electron chi connectivity index (χ3n) is 6.07. The summed E-state index contributed by atoms with van der Waals surface area (Å²) in [7, 11) is 0.937. The number of fused-ring (bicyclic) bond motifs is 1. The average molecular weight is 519 g/mol. The zero-order valence-electron chi connectivity index (χ0n) is 20.9. The highest BCUT2D eigenvalue weighted by molar-refractivity contribution is 6.76. The summed E-state index contributed by atoms with van der Waals surface area (Å²) in [5.74, 6) is 0.508. The van der Waals surface area contributed by atoms with Crippen molar-refractivity contribution in [2.24, 2.45) is 0 Å². The van der Waals surface area contributed by atoms with Crippen LogP contribution in [0.2, 0.25) is 30.7 Å². The van der Waals surface area contributed by atoms with Gasteiger partial charge in [-0.05, 0) is 62.3 Å². The van der Waals surface area contributed by atoms with Crippen molar-refractivity contribution in [3.63, 3.8) is 0 Å². The second-order valence-electron chi connectivity index (χ2n) is 10.4. The number of hydrogen-bond donors (Lipinski definition) is 2. The number of oxazole rings is 1. The molecule has 0 bridgehead atoms. The highest BCUT2D eigenvalue weighted by atomic mass is 35.5. The molecule has 0 spiro atoms. The zero-order chi connectivity index (χ0) is 25.0. The summed E-state index contributed by atoms with van der Waals surface area (Å²) in [5, 5.41) is 13.9. The molecule has 0 saturated carbocycles. The molecule has 3 heterocycles. The van der Waals surface area contributed by atoms with Crippen LogP contribution in [0, 0.1) is 0 Å². The molecule has 190 valence electrons. The van der Waals surface area contributed by atoms with E-state index in [2.05, 4.69) is 41.9 Å². The van der Waals surface area contributed by atoms with E-state index >= 15 is 0 Å². The first-order valence-corrected chi connectivity index (χ1v) is 16.2. The molecule has 3 aromatic rings. The van der Waals surface area contributed by atoms with Gasteiger partial charge in [0.1, 0.15) is 5.75 Å². The van der Waals surface area contributed by atoms with Gasteiger partial charge < -0.3 is 29.2 Å². The van der Waals surface area contributed by atoms with Crippen molar-refractivity contribution < 1.29 is 19.0 Å². The molecule has 0 unspecified atom stereocenters. The largest absolute Gasteiger partial charge is 0.467 e. The molecule has 1 aromatic carbocycles. The molecule has 1 fully saturated rings. The molecular weight excluding hydrogens is 484 g/mol. The summed E-state index contributed by atoms with van der Waals surface area (Å²) < 4.78 is 17.6. The molecular formula is C25H35ClN4O4Si. The predicted molar refractivity (Wildman–Crippen MR) is 142 cm³/mol. The molecule has 0 radical (unpaired) electrons. The van der Waals surface area contributed by atoms with Gasteiger partial charge >= 0.3 is 0 Å². The maximum Gasteiger partial charge on any atom is 0.297 e. The van der Waals surface area contributed by atoms with Crippen LogP contribution in [-0.4, -0.2) is 67.6 Å². The van der Waals surface area contributed by atoms with Gasteiger partial charge in [-0.3, -0.25) is 0 Å². The standard InChI is InChI=1S/C25H35ClN4O4Si/c1-30-9-5-6-19(14-30)27-25-29-24-21(34-25)8-7-20(28-24)23-17(15-31)12-18(26)13-22(23)33-16-32-10-11-35(2,3)4/h7-8,12-13,19,31H,5-6,9-11,14-16H2,1-4H3,(H,27,28,29)/t19-/m1/s1. The number of halogens is 1. The van der Waals surface area contributed by atoms with Gasteiger partial charge in [0, 0.05) is 37.9 Å². The Labute approximate surface area is 212 Å². The van der Waals surface area contributed by atoms with Gasteiger partial charge in [0.05, 0.1) is 12.3 Å². The lowest BCUT2D eigenvalue weighted by Gasteiger charge is -2.29. The van der Waals surface area contributed by atoms with Crippen LogP contribution < -0.4 is 10.1 Å². The molecule has 1 atom stereocenters. The van der Waals surface area contributed by atoms with Crippen molar-refractivity contribution in [1.82, 2.24) is 14.9 Å². The minimum Gasteiger partial charge on any atom is -0.467 e. The van der Waals surface area contributed by atoms with E-state index < -0.39 is 8.07 Å². The first-order valence-electron chi connectivity index (χ1n) is 12.1. The van der Waals surface area contributed by atoms with E-state index in [4.69, 9.17) is 30.5 Å². The third kappa shape index (κ3) is 6.95. The lowest BCUT2D eigenvalue weighted by atomic mass is 10.0. The van der Waals surface area contributed by atoms with Crippen molar-refractivity contribution in [1.29, 1.82) is 0 Å². The van der Waals surface area contributed by atoms with E-state index in [-0.39, 0.29) is 13.4 Å². The topological polar surface area (TPSA) is 92.9 Å². The fraction of sp³-hybridized carbons (Fsp3) is 0.520. The minimum absolute atomic E-state index is 0.0960. The maximum absolute atomic E-state index is 10.0. The number of likely N-dealkylation sites (N-methyl/N-ethyl adjacent to an activating group) is 1. The Morgan fingerprint density at radius 1 is 1.26 bits per heavy atom. The fourth-order valence-electron chi connectivity index (χ4n) is 4.19. The van der Waals surface area contributed by atoms with E-state index in [9.17, 15) is 5.11 Å². The summed E-state index contributed by atoms with van der Waals surface area (Å²) in [4.78, 5) is 11.6. The van der Waals surface area contributed by atoms with Gasteiger partial charge in [0.25, 0.3) is 6.01 Å².